The predicted molar refractivity (Wildman–Crippen MR) is 118 cm³/mol. The minimum Gasteiger partial charge on any atom is -0.479 e. The maximum Gasteiger partial charge on any atom is 0.407 e. The molecule has 2 aromatic rings. The molecule has 0 aromatic heterocycles. The van der Waals surface area contributed by atoms with E-state index in [0.29, 0.717) is 0 Å². The largest absolute Gasteiger partial charge is 0.479 e. The summed E-state index contributed by atoms with van der Waals surface area (Å²) in [6.45, 7) is 3.02. The van der Waals surface area contributed by atoms with Crippen LogP contribution in [0.3, 0.4) is 0 Å². The van der Waals surface area contributed by atoms with Gasteiger partial charge in [-0.3, -0.25) is 4.79 Å². The number of fused-ring (bicyclic) bond motifs is 3. The van der Waals surface area contributed by atoms with E-state index in [2.05, 4.69) is 10.6 Å². The van der Waals surface area contributed by atoms with Crippen LogP contribution in [0.2, 0.25) is 0 Å². The number of rotatable bonds is 9. The van der Waals surface area contributed by atoms with Gasteiger partial charge >= 0.3 is 12.1 Å². The van der Waals surface area contributed by atoms with Gasteiger partial charge in [-0.05, 0) is 35.6 Å². The molecule has 0 radical (unpaired) electrons. The van der Waals surface area contributed by atoms with Gasteiger partial charge in [-0.1, -0.05) is 55.5 Å². The average molecular weight is 440 g/mol. The van der Waals surface area contributed by atoms with Crippen LogP contribution in [0.4, 0.5) is 4.79 Å². The monoisotopic (exact) mass is 440 g/mol. The number of carbonyl (C=O) groups excluding carboxylic acids is 2. The molecule has 1 aliphatic rings. The van der Waals surface area contributed by atoms with Crippen LogP contribution in [0, 0.1) is 0 Å². The molecule has 0 fully saturated rings. The van der Waals surface area contributed by atoms with E-state index in [-0.39, 0.29) is 25.6 Å². The van der Waals surface area contributed by atoms with E-state index < -0.39 is 29.6 Å². The third-order valence-corrected chi connectivity index (χ3v) is 5.84. The molecule has 1 aliphatic carbocycles. The van der Waals surface area contributed by atoms with Gasteiger partial charge in [0.15, 0.2) is 5.54 Å². The Kier molecular flexibility index (Phi) is 7.15. The van der Waals surface area contributed by atoms with Gasteiger partial charge in [-0.15, -0.1) is 0 Å². The maximum absolute atomic E-state index is 12.5. The van der Waals surface area contributed by atoms with Gasteiger partial charge in [0.05, 0.1) is 6.61 Å². The fraction of sp³-hybridized carbons (Fsp3) is 0.375. The van der Waals surface area contributed by atoms with E-state index in [1.54, 1.807) is 6.92 Å². The summed E-state index contributed by atoms with van der Waals surface area (Å²) in [6.07, 6.45) is -0.627. The highest BCUT2D eigenvalue weighted by atomic mass is 16.5. The summed E-state index contributed by atoms with van der Waals surface area (Å²) in [5.41, 5.74) is 2.84. The minimum atomic E-state index is -1.57. The van der Waals surface area contributed by atoms with Crippen LogP contribution in [0.5, 0.6) is 0 Å². The number of benzene rings is 2. The number of aliphatic carboxylic acids is 1. The molecule has 8 heteroatoms. The van der Waals surface area contributed by atoms with Gasteiger partial charge in [-0.2, -0.15) is 0 Å². The third-order valence-electron chi connectivity index (χ3n) is 5.84. The number of nitrogens with one attached hydrogen (secondary N) is 2. The molecule has 170 valence electrons. The van der Waals surface area contributed by atoms with Gasteiger partial charge in [0.2, 0.25) is 5.91 Å². The van der Waals surface area contributed by atoms with Crippen LogP contribution >= 0.6 is 0 Å². The Morgan fingerprint density at radius 3 is 2.12 bits per heavy atom. The lowest BCUT2D eigenvalue weighted by molar-refractivity contribution is -0.150. The summed E-state index contributed by atoms with van der Waals surface area (Å²) < 4.78 is 10.4. The highest BCUT2D eigenvalue weighted by molar-refractivity contribution is 5.91. The molecular weight excluding hydrogens is 412 g/mol. The van der Waals surface area contributed by atoms with Crippen molar-refractivity contribution in [3.05, 3.63) is 59.7 Å². The number of carboxylic acid groups (broad SMARTS) is 1. The second kappa shape index (κ2) is 9.82. The second-order valence-electron chi connectivity index (χ2n) is 7.85. The number of hydrogen-bond donors (Lipinski definition) is 3. The molecule has 0 saturated heterocycles. The lowest BCUT2D eigenvalue weighted by Gasteiger charge is -2.30. The van der Waals surface area contributed by atoms with E-state index in [0.717, 1.165) is 22.3 Å². The number of carbonyl (C=O) groups is 3. The van der Waals surface area contributed by atoms with Crippen LogP contribution in [0.25, 0.3) is 11.1 Å². The number of carboxylic acids is 1. The van der Waals surface area contributed by atoms with E-state index in [1.807, 2.05) is 48.5 Å². The average Bonchev–Trinajstić information content (AvgIpc) is 3.10. The molecule has 2 aromatic carbocycles. The molecule has 32 heavy (non-hydrogen) atoms. The van der Waals surface area contributed by atoms with Gasteiger partial charge in [0, 0.05) is 13.0 Å². The van der Waals surface area contributed by atoms with Crippen LogP contribution in [0.1, 0.15) is 37.3 Å². The fourth-order valence-electron chi connectivity index (χ4n) is 3.97. The number of methoxy groups -OCH3 is 1. The van der Waals surface area contributed by atoms with Gasteiger partial charge in [0.25, 0.3) is 0 Å². The van der Waals surface area contributed by atoms with Gasteiger partial charge in [-0.25, -0.2) is 9.59 Å². The van der Waals surface area contributed by atoms with E-state index in [1.165, 1.54) is 14.0 Å². The molecule has 2 atom stereocenters. The molecule has 1 unspecified atom stereocenters. The first kappa shape index (κ1) is 23.3. The Balaban J connectivity index is 1.61. The smallest absolute Gasteiger partial charge is 0.407 e. The first-order valence-electron chi connectivity index (χ1n) is 10.5. The molecule has 3 N–H and O–H groups in total. The normalized spacial score (nSPS) is 15.1. The summed E-state index contributed by atoms with van der Waals surface area (Å²) in [5.74, 6) is -1.94. The molecule has 2 amide bonds. The maximum atomic E-state index is 12.5. The van der Waals surface area contributed by atoms with Crippen molar-refractivity contribution in [1.29, 1.82) is 0 Å². The Bertz CT molecular complexity index is 962. The van der Waals surface area contributed by atoms with Crippen molar-refractivity contribution in [3.63, 3.8) is 0 Å². The molecular formula is C24H28N2O6. The lowest BCUT2D eigenvalue weighted by atomic mass is 9.97. The summed E-state index contributed by atoms with van der Waals surface area (Å²) >= 11 is 0. The van der Waals surface area contributed by atoms with Crippen LogP contribution in [-0.4, -0.2) is 55.0 Å². The Hall–Kier alpha value is -3.39. The zero-order chi connectivity index (χ0) is 23.3. The highest BCUT2D eigenvalue weighted by Gasteiger charge is 2.39. The number of alkyl carbamates (subject to hydrolysis) is 1. The van der Waals surface area contributed by atoms with Gasteiger partial charge < -0.3 is 25.2 Å². The van der Waals surface area contributed by atoms with E-state index in [9.17, 15) is 19.5 Å². The van der Waals surface area contributed by atoms with Crippen LogP contribution in [-0.2, 0) is 19.1 Å². The van der Waals surface area contributed by atoms with Crippen molar-refractivity contribution in [1.82, 2.24) is 10.6 Å². The predicted octanol–water partition coefficient (Wildman–Crippen LogP) is 2.91. The Morgan fingerprint density at radius 1 is 1.06 bits per heavy atom. The molecule has 0 heterocycles. The highest BCUT2D eigenvalue weighted by Crippen LogP contribution is 2.44. The van der Waals surface area contributed by atoms with Crippen LogP contribution < -0.4 is 10.6 Å². The topological polar surface area (TPSA) is 114 Å². The SMILES string of the molecule is CCC(COC)(NC(=O)[C@H](C)NC(=O)OCC1c2ccccc2-c2ccccc21)C(=O)O. The van der Waals surface area contributed by atoms with Crippen molar-refractivity contribution < 1.29 is 29.0 Å². The minimum absolute atomic E-state index is 0.0984. The standard InChI is InChI=1S/C24H28N2O6/c1-4-24(14-31-3,22(28)29)26-21(27)15(2)25-23(30)32-13-20-18-11-7-5-9-16(18)17-10-6-8-12-19(17)20/h5-12,15,20H,4,13-14H2,1-3H3,(H,25,30)(H,26,27)(H,28,29)/t15-,24?/m0/s1. The number of ether oxygens (including phenoxy) is 2. The van der Waals surface area contributed by atoms with Gasteiger partial charge in [0.1, 0.15) is 12.6 Å². The first-order chi connectivity index (χ1) is 15.3. The van der Waals surface area contributed by atoms with E-state index in [4.69, 9.17) is 9.47 Å². The summed E-state index contributed by atoms with van der Waals surface area (Å²) in [5, 5.41) is 14.5. The van der Waals surface area contributed by atoms with Crippen molar-refractivity contribution in [2.45, 2.75) is 37.8 Å². The zero-order valence-electron chi connectivity index (χ0n) is 18.4. The van der Waals surface area contributed by atoms with Crippen LogP contribution in [0.15, 0.2) is 48.5 Å². The molecule has 0 aliphatic heterocycles. The Morgan fingerprint density at radius 2 is 1.62 bits per heavy atom. The third kappa shape index (κ3) is 4.60. The Labute approximate surface area is 186 Å². The number of amides is 2. The van der Waals surface area contributed by atoms with Crippen molar-refractivity contribution in [2.75, 3.05) is 20.3 Å². The molecule has 8 nitrogen and oxygen atoms in total. The zero-order valence-corrected chi connectivity index (χ0v) is 18.4. The van der Waals surface area contributed by atoms with Crippen molar-refractivity contribution >= 4 is 18.0 Å². The summed E-state index contributed by atoms with van der Waals surface area (Å²) in [4.78, 5) is 36.6. The lowest BCUT2D eigenvalue weighted by Crippen LogP contribution is -2.60. The number of hydrogen-bond acceptors (Lipinski definition) is 5. The fourth-order valence-corrected chi connectivity index (χ4v) is 3.97. The first-order valence-corrected chi connectivity index (χ1v) is 10.5. The summed E-state index contributed by atoms with van der Waals surface area (Å²) in [7, 11) is 1.36. The van der Waals surface area contributed by atoms with Crippen molar-refractivity contribution in [2.24, 2.45) is 0 Å². The molecule has 0 spiro atoms. The quantitative estimate of drug-likeness (QED) is 0.553. The molecule has 0 saturated carbocycles. The van der Waals surface area contributed by atoms with E-state index >= 15 is 0 Å². The van der Waals surface area contributed by atoms with Crippen molar-refractivity contribution in [3.8, 4) is 11.1 Å². The molecule has 3 rings (SSSR count). The second-order valence-corrected chi connectivity index (χ2v) is 7.85. The molecule has 0 bridgehead atoms. The summed E-state index contributed by atoms with van der Waals surface area (Å²) in [6, 6.07) is 15.0.